The van der Waals surface area contributed by atoms with Crippen LogP contribution in [0.5, 0.6) is 5.88 Å². The Kier molecular flexibility index (Phi) is 4.84. The second-order valence-corrected chi connectivity index (χ2v) is 7.01. The predicted octanol–water partition coefficient (Wildman–Crippen LogP) is 2.57. The highest BCUT2D eigenvalue weighted by Crippen LogP contribution is 2.40. The molecular weight excluding hydrogens is 330 g/mol. The molecule has 0 aliphatic carbocycles. The van der Waals surface area contributed by atoms with Crippen molar-refractivity contribution in [3.8, 4) is 5.88 Å². The van der Waals surface area contributed by atoms with Gasteiger partial charge in [0.05, 0.1) is 12.7 Å². The molecule has 2 atom stereocenters. The van der Waals surface area contributed by atoms with E-state index in [9.17, 15) is 4.79 Å². The van der Waals surface area contributed by atoms with E-state index in [4.69, 9.17) is 9.47 Å². The van der Waals surface area contributed by atoms with Crippen LogP contribution in [-0.2, 0) is 4.74 Å². The highest BCUT2D eigenvalue weighted by atomic mass is 16.5. The van der Waals surface area contributed by atoms with Crippen molar-refractivity contribution in [2.45, 2.75) is 25.4 Å². The Balaban J connectivity index is 1.52. The topological polar surface area (TPSA) is 64.6 Å². The van der Waals surface area contributed by atoms with Crippen molar-refractivity contribution in [2.24, 2.45) is 5.41 Å². The van der Waals surface area contributed by atoms with E-state index in [1.165, 1.54) is 0 Å². The number of hydrogen-bond donors (Lipinski definition) is 0. The number of carbonyl (C=O) groups is 1. The van der Waals surface area contributed by atoms with Gasteiger partial charge in [-0.15, -0.1) is 0 Å². The summed E-state index contributed by atoms with van der Waals surface area (Å²) in [7, 11) is 0. The lowest BCUT2D eigenvalue weighted by Gasteiger charge is -2.49. The van der Waals surface area contributed by atoms with Crippen molar-refractivity contribution in [3.05, 3.63) is 54.5 Å². The van der Waals surface area contributed by atoms with Crippen LogP contribution in [0.15, 0.2) is 48.8 Å². The van der Waals surface area contributed by atoms with Gasteiger partial charge in [-0.2, -0.15) is 0 Å². The lowest BCUT2D eigenvalue weighted by Crippen LogP contribution is -2.58. The average Bonchev–Trinajstić information content (AvgIpc) is 2.73. The van der Waals surface area contributed by atoms with Crippen LogP contribution in [0.25, 0.3) is 0 Å². The second kappa shape index (κ2) is 7.41. The van der Waals surface area contributed by atoms with Crippen LogP contribution in [0.3, 0.4) is 0 Å². The lowest BCUT2D eigenvalue weighted by atomic mass is 9.73. The van der Waals surface area contributed by atoms with Crippen molar-refractivity contribution in [3.63, 3.8) is 0 Å². The van der Waals surface area contributed by atoms with E-state index < -0.39 is 0 Å². The highest BCUT2D eigenvalue weighted by molar-refractivity contribution is 5.92. The Morgan fingerprint density at radius 2 is 2.08 bits per heavy atom. The van der Waals surface area contributed by atoms with Gasteiger partial charge in [0, 0.05) is 43.6 Å². The molecule has 0 aromatic carbocycles. The Bertz CT molecular complexity index is 740. The molecule has 4 rings (SSSR count). The number of fused-ring (bicyclic) bond motifs is 1. The molecule has 0 bridgehead atoms. The monoisotopic (exact) mass is 353 g/mol. The summed E-state index contributed by atoms with van der Waals surface area (Å²) < 4.78 is 12.0. The first kappa shape index (κ1) is 17.0. The molecule has 2 fully saturated rings. The third kappa shape index (κ3) is 3.42. The van der Waals surface area contributed by atoms with E-state index in [2.05, 4.69) is 9.97 Å². The van der Waals surface area contributed by atoms with Gasteiger partial charge in [-0.1, -0.05) is 12.1 Å². The molecule has 26 heavy (non-hydrogen) atoms. The molecule has 0 unspecified atom stereocenters. The normalized spacial score (nSPS) is 25.4. The molecule has 0 spiro atoms. The number of piperidine rings is 1. The zero-order valence-electron chi connectivity index (χ0n) is 14.7. The summed E-state index contributed by atoms with van der Waals surface area (Å²) in [5, 5.41) is 0. The van der Waals surface area contributed by atoms with Crippen LogP contribution in [0, 0.1) is 5.41 Å². The van der Waals surface area contributed by atoms with Gasteiger partial charge in [0.1, 0.15) is 5.69 Å². The van der Waals surface area contributed by atoms with Crippen LogP contribution in [0.1, 0.15) is 29.8 Å². The summed E-state index contributed by atoms with van der Waals surface area (Å²) in [6.07, 6.45) is 6.28. The summed E-state index contributed by atoms with van der Waals surface area (Å²) in [6, 6.07) is 11.1. The molecule has 1 amide bonds. The first-order valence-electron chi connectivity index (χ1n) is 9.13. The molecule has 2 aromatic rings. The summed E-state index contributed by atoms with van der Waals surface area (Å²) in [5.74, 6) is 0.589. The number of rotatable bonds is 4. The van der Waals surface area contributed by atoms with Crippen molar-refractivity contribution in [2.75, 3.05) is 26.3 Å². The van der Waals surface area contributed by atoms with Gasteiger partial charge in [0.2, 0.25) is 5.88 Å². The number of nitrogens with zero attached hydrogens (tertiary/aromatic N) is 3. The van der Waals surface area contributed by atoms with Gasteiger partial charge in [-0.05, 0) is 37.5 Å². The van der Waals surface area contributed by atoms with Crippen LogP contribution in [0.4, 0.5) is 0 Å². The van der Waals surface area contributed by atoms with E-state index >= 15 is 0 Å². The zero-order chi connectivity index (χ0) is 17.8. The fraction of sp³-hybridized carbons (Fsp3) is 0.450. The summed E-state index contributed by atoms with van der Waals surface area (Å²) in [4.78, 5) is 23.2. The standard InChI is InChI=1S/C20H23N3O3/c24-19(16-6-1-3-10-21-16)23-12-8-17-20(14-23,9-5-13-25-17)15-26-18-7-2-4-11-22-18/h1-4,6-7,10-11,17H,5,8-9,12-15H2/t17-,20+/m0/s1. The molecule has 0 radical (unpaired) electrons. The van der Waals surface area contributed by atoms with E-state index in [-0.39, 0.29) is 17.4 Å². The van der Waals surface area contributed by atoms with Gasteiger partial charge in [0.15, 0.2) is 0 Å². The number of ether oxygens (including phenoxy) is 2. The maximum absolute atomic E-state index is 12.9. The quantitative estimate of drug-likeness (QED) is 0.845. The van der Waals surface area contributed by atoms with Crippen LogP contribution in [-0.4, -0.2) is 53.2 Å². The van der Waals surface area contributed by atoms with Crippen molar-refractivity contribution in [1.29, 1.82) is 0 Å². The van der Waals surface area contributed by atoms with Gasteiger partial charge >= 0.3 is 0 Å². The molecule has 0 N–H and O–H groups in total. The first-order valence-corrected chi connectivity index (χ1v) is 9.13. The van der Waals surface area contributed by atoms with Crippen LogP contribution < -0.4 is 4.74 Å². The minimum absolute atomic E-state index is 0.0214. The highest BCUT2D eigenvalue weighted by Gasteiger charge is 2.48. The first-order chi connectivity index (χ1) is 12.8. The van der Waals surface area contributed by atoms with Crippen molar-refractivity contribution in [1.82, 2.24) is 14.9 Å². The van der Waals surface area contributed by atoms with E-state index in [0.29, 0.717) is 31.3 Å². The largest absolute Gasteiger partial charge is 0.477 e. The lowest BCUT2D eigenvalue weighted by molar-refractivity contribution is -0.133. The molecule has 2 aromatic heterocycles. The molecule has 2 saturated heterocycles. The number of aromatic nitrogens is 2. The summed E-state index contributed by atoms with van der Waals surface area (Å²) in [5.41, 5.74) is 0.293. The SMILES string of the molecule is O=C(c1ccccn1)N1CC[C@@H]2OCCC[C@]2(COc2ccccn2)C1. The molecule has 2 aliphatic heterocycles. The second-order valence-electron chi connectivity index (χ2n) is 7.01. The third-order valence-corrected chi connectivity index (χ3v) is 5.30. The van der Waals surface area contributed by atoms with Crippen molar-refractivity contribution < 1.29 is 14.3 Å². The fourth-order valence-electron chi connectivity index (χ4n) is 3.98. The minimum Gasteiger partial charge on any atom is -0.477 e. The van der Waals surface area contributed by atoms with E-state index in [1.807, 2.05) is 35.2 Å². The van der Waals surface area contributed by atoms with Gasteiger partial charge in [0.25, 0.3) is 5.91 Å². The molecular formula is C20H23N3O3. The fourth-order valence-corrected chi connectivity index (χ4v) is 3.98. The van der Waals surface area contributed by atoms with Crippen LogP contribution in [0.2, 0.25) is 0 Å². The van der Waals surface area contributed by atoms with Gasteiger partial charge in [-0.25, -0.2) is 4.98 Å². The molecule has 2 aliphatic rings. The smallest absolute Gasteiger partial charge is 0.272 e. The Labute approximate surface area is 153 Å². The molecule has 0 saturated carbocycles. The van der Waals surface area contributed by atoms with Crippen molar-refractivity contribution >= 4 is 5.91 Å². The summed E-state index contributed by atoms with van der Waals surface area (Å²) >= 11 is 0. The van der Waals surface area contributed by atoms with Gasteiger partial charge in [-0.3, -0.25) is 9.78 Å². The van der Waals surface area contributed by atoms with Crippen LogP contribution >= 0.6 is 0 Å². The zero-order valence-corrected chi connectivity index (χ0v) is 14.7. The number of hydrogen-bond acceptors (Lipinski definition) is 5. The maximum Gasteiger partial charge on any atom is 0.272 e. The Morgan fingerprint density at radius 3 is 2.85 bits per heavy atom. The third-order valence-electron chi connectivity index (χ3n) is 5.30. The van der Waals surface area contributed by atoms with E-state index in [0.717, 1.165) is 25.9 Å². The maximum atomic E-state index is 12.9. The predicted molar refractivity (Wildman–Crippen MR) is 95.9 cm³/mol. The van der Waals surface area contributed by atoms with E-state index in [1.54, 1.807) is 18.5 Å². The number of amides is 1. The number of carbonyl (C=O) groups excluding carboxylic acids is 1. The minimum atomic E-state index is -0.196. The average molecular weight is 353 g/mol. The van der Waals surface area contributed by atoms with Gasteiger partial charge < -0.3 is 14.4 Å². The molecule has 6 nitrogen and oxygen atoms in total. The molecule has 136 valence electrons. The number of pyridine rings is 2. The Morgan fingerprint density at radius 1 is 1.23 bits per heavy atom. The summed E-state index contributed by atoms with van der Waals surface area (Å²) in [6.45, 7) is 2.59. The molecule has 4 heterocycles. The molecule has 6 heteroatoms. The number of likely N-dealkylation sites (tertiary alicyclic amines) is 1. The Hall–Kier alpha value is -2.47.